The Balaban J connectivity index is 1.54. The lowest BCUT2D eigenvalue weighted by atomic mass is 9.96. The van der Waals surface area contributed by atoms with Gasteiger partial charge in [0.2, 0.25) is 0 Å². The molecule has 234 valence electrons. The minimum Gasteiger partial charge on any atom is -0.497 e. The third-order valence-corrected chi connectivity index (χ3v) is 8.09. The van der Waals surface area contributed by atoms with Crippen LogP contribution in [-0.4, -0.2) is 31.4 Å². The van der Waals surface area contributed by atoms with E-state index in [1.807, 2.05) is 0 Å². The molecule has 1 atom stereocenters. The first-order chi connectivity index (χ1) is 21.5. The van der Waals surface area contributed by atoms with E-state index in [2.05, 4.69) is 4.99 Å². The summed E-state index contributed by atoms with van der Waals surface area (Å²) in [6, 6.07) is 16.1. The number of hydrogen-bond donors (Lipinski definition) is 0. The van der Waals surface area contributed by atoms with Crippen LogP contribution in [-0.2, 0) is 22.3 Å². The second-order valence-corrected chi connectivity index (χ2v) is 11.0. The summed E-state index contributed by atoms with van der Waals surface area (Å²) in [5.41, 5.74) is 1.41. The number of ether oxygens (including phenoxy) is 4. The molecule has 1 aromatic heterocycles. The second-order valence-electron chi connectivity index (χ2n) is 9.96. The Morgan fingerprint density at radius 2 is 1.78 bits per heavy atom. The fourth-order valence-corrected chi connectivity index (χ4v) is 6.02. The summed E-state index contributed by atoms with van der Waals surface area (Å²) in [7, 11) is 3.03. The van der Waals surface area contributed by atoms with Gasteiger partial charge in [0.05, 0.1) is 48.2 Å². The monoisotopic (exact) mass is 638 g/mol. The van der Waals surface area contributed by atoms with Crippen LogP contribution < -0.4 is 29.1 Å². The first-order valence-corrected chi connectivity index (χ1v) is 14.7. The minimum absolute atomic E-state index is 0.0527. The average molecular weight is 639 g/mol. The lowest BCUT2D eigenvalue weighted by Gasteiger charge is -2.24. The van der Waals surface area contributed by atoms with Gasteiger partial charge in [0.25, 0.3) is 5.56 Å². The molecule has 45 heavy (non-hydrogen) atoms. The van der Waals surface area contributed by atoms with Gasteiger partial charge < -0.3 is 18.9 Å². The smallest absolute Gasteiger partial charge is 0.416 e. The van der Waals surface area contributed by atoms with Crippen molar-refractivity contribution in [3.8, 4) is 17.2 Å². The zero-order valence-electron chi connectivity index (χ0n) is 24.8. The van der Waals surface area contributed by atoms with E-state index in [1.165, 1.54) is 35.1 Å². The molecule has 12 heteroatoms. The van der Waals surface area contributed by atoms with Crippen molar-refractivity contribution in [1.29, 1.82) is 0 Å². The van der Waals surface area contributed by atoms with Gasteiger partial charge in [-0.2, -0.15) is 13.2 Å². The summed E-state index contributed by atoms with van der Waals surface area (Å²) in [4.78, 5) is 32.0. The number of aromatic nitrogens is 1. The first-order valence-electron chi connectivity index (χ1n) is 13.8. The fourth-order valence-electron chi connectivity index (χ4n) is 4.97. The zero-order valence-corrected chi connectivity index (χ0v) is 25.6. The molecule has 3 aromatic carbocycles. The lowest BCUT2D eigenvalue weighted by Crippen LogP contribution is -2.39. The van der Waals surface area contributed by atoms with E-state index < -0.39 is 23.8 Å². The predicted octanol–water partition coefficient (Wildman–Crippen LogP) is 5.41. The van der Waals surface area contributed by atoms with Gasteiger partial charge in [0.1, 0.15) is 23.9 Å². The Kier molecular flexibility index (Phi) is 9.14. The van der Waals surface area contributed by atoms with Crippen LogP contribution in [0.1, 0.15) is 42.1 Å². The van der Waals surface area contributed by atoms with Gasteiger partial charge in [-0.05, 0) is 73.5 Å². The lowest BCUT2D eigenvalue weighted by molar-refractivity contribution is -0.139. The number of nitrogens with zero attached hydrogens (tertiary/aromatic N) is 2. The quantitative estimate of drug-likeness (QED) is 0.228. The number of alkyl halides is 3. The number of halogens is 3. The molecule has 1 aliphatic heterocycles. The van der Waals surface area contributed by atoms with Crippen LogP contribution in [0.2, 0.25) is 0 Å². The molecule has 0 unspecified atom stereocenters. The van der Waals surface area contributed by atoms with E-state index in [9.17, 15) is 22.8 Å². The number of benzene rings is 3. The Bertz CT molecular complexity index is 1940. The summed E-state index contributed by atoms with van der Waals surface area (Å²) < 4.78 is 63.1. The average Bonchev–Trinajstić information content (AvgIpc) is 3.32. The van der Waals surface area contributed by atoms with Crippen molar-refractivity contribution in [2.75, 3.05) is 20.8 Å². The summed E-state index contributed by atoms with van der Waals surface area (Å²) >= 11 is 1.17. The second kappa shape index (κ2) is 13.0. The summed E-state index contributed by atoms with van der Waals surface area (Å²) in [5.74, 6) is 0.581. The van der Waals surface area contributed by atoms with E-state index >= 15 is 0 Å². The number of carbonyl (C=O) groups is 1. The normalized spacial score (nSPS) is 14.9. The maximum Gasteiger partial charge on any atom is 0.416 e. The molecule has 2 heterocycles. The van der Waals surface area contributed by atoms with E-state index in [0.717, 1.165) is 12.1 Å². The van der Waals surface area contributed by atoms with Crippen LogP contribution in [0.25, 0.3) is 6.08 Å². The Morgan fingerprint density at radius 1 is 1.02 bits per heavy atom. The van der Waals surface area contributed by atoms with Crippen molar-refractivity contribution in [2.24, 2.45) is 4.99 Å². The van der Waals surface area contributed by atoms with Crippen molar-refractivity contribution in [3.63, 3.8) is 0 Å². The predicted molar refractivity (Wildman–Crippen MR) is 162 cm³/mol. The van der Waals surface area contributed by atoms with Crippen LogP contribution in [0.5, 0.6) is 17.2 Å². The molecular formula is C33H29F3N2O6S. The highest BCUT2D eigenvalue weighted by Gasteiger charge is 2.33. The summed E-state index contributed by atoms with van der Waals surface area (Å²) in [6.45, 7) is 3.50. The number of methoxy groups -OCH3 is 2. The molecule has 0 bridgehead atoms. The standard InChI is InChI=1S/C33H29F3N2O6S/c1-5-43-31(40)28-19(2)37-32-38(29(28)21-10-12-24(41-3)13-11-21)30(39)27(45-32)16-20-9-14-26(42-4)22(15-20)18-44-25-8-6-7-23(17-25)33(34,35)36/h6-17,29H,5,18H2,1-4H3/b27-16-/t29-/m1/s1. The number of thiazole rings is 1. The van der Waals surface area contributed by atoms with Crippen molar-refractivity contribution in [3.05, 3.63) is 120 Å². The van der Waals surface area contributed by atoms with Crippen molar-refractivity contribution < 1.29 is 36.9 Å². The molecule has 5 rings (SSSR count). The number of hydrogen-bond acceptors (Lipinski definition) is 8. The highest BCUT2D eigenvalue weighted by Crippen LogP contribution is 2.33. The maximum absolute atomic E-state index is 13.9. The molecule has 4 aromatic rings. The molecule has 0 saturated heterocycles. The molecule has 0 amide bonds. The van der Waals surface area contributed by atoms with E-state index in [1.54, 1.807) is 69.5 Å². The maximum atomic E-state index is 13.9. The zero-order chi connectivity index (χ0) is 32.3. The van der Waals surface area contributed by atoms with E-state index in [4.69, 9.17) is 18.9 Å². The van der Waals surface area contributed by atoms with Gasteiger partial charge >= 0.3 is 12.1 Å². The van der Waals surface area contributed by atoms with E-state index in [-0.39, 0.29) is 30.1 Å². The number of fused-ring (bicyclic) bond motifs is 1. The first kappa shape index (κ1) is 31.6. The van der Waals surface area contributed by atoms with Crippen molar-refractivity contribution in [2.45, 2.75) is 32.7 Å². The van der Waals surface area contributed by atoms with Crippen LogP contribution in [0.15, 0.2) is 87.8 Å². The van der Waals surface area contributed by atoms with Gasteiger partial charge in [-0.1, -0.05) is 35.6 Å². The largest absolute Gasteiger partial charge is 0.497 e. The Hall–Kier alpha value is -4.84. The number of carbonyl (C=O) groups excluding carboxylic acids is 1. The summed E-state index contributed by atoms with van der Waals surface area (Å²) in [5, 5.41) is 0. The fraction of sp³-hybridized carbons (Fsp3) is 0.242. The SMILES string of the molecule is CCOC(=O)C1=C(C)N=c2s/c(=C\c3ccc(OC)c(COc4cccc(C(F)(F)F)c4)c3)c(=O)n2[C@@H]1c1ccc(OC)cc1. The topological polar surface area (TPSA) is 88.4 Å². The molecule has 0 radical (unpaired) electrons. The molecule has 0 spiro atoms. The van der Waals surface area contributed by atoms with Crippen molar-refractivity contribution >= 4 is 23.4 Å². The van der Waals surface area contributed by atoms with Gasteiger partial charge in [-0.25, -0.2) is 9.79 Å². The van der Waals surface area contributed by atoms with Gasteiger partial charge in [-0.3, -0.25) is 9.36 Å². The molecule has 0 N–H and O–H groups in total. The molecule has 0 aliphatic carbocycles. The van der Waals surface area contributed by atoms with Crippen LogP contribution in [0, 0.1) is 0 Å². The number of rotatable bonds is 9. The van der Waals surface area contributed by atoms with Crippen LogP contribution in [0.3, 0.4) is 0 Å². The van der Waals surface area contributed by atoms with Crippen LogP contribution in [0.4, 0.5) is 13.2 Å². The van der Waals surface area contributed by atoms with Gasteiger partial charge in [0, 0.05) is 5.56 Å². The Morgan fingerprint density at radius 3 is 2.44 bits per heavy atom. The number of esters is 1. The van der Waals surface area contributed by atoms with Crippen LogP contribution >= 0.6 is 11.3 Å². The third kappa shape index (κ3) is 6.65. The van der Waals surface area contributed by atoms with Gasteiger partial charge in [0.15, 0.2) is 4.80 Å². The molecule has 0 fully saturated rings. The Labute approximate surface area is 260 Å². The highest BCUT2D eigenvalue weighted by molar-refractivity contribution is 7.07. The molecular weight excluding hydrogens is 609 g/mol. The summed E-state index contributed by atoms with van der Waals surface area (Å²) in [6.07, 6.45) is -2.81. The molecule has 0 saturated carbocycles. The van der Waals surface area contributed by atoms with E-state index in [0.29, 0.717) is 43.2 Å². The van der Waals surface area contributed by atoms with Gasteiger partial charge in [-0.15, -0.1) is 0 Å². The molecule has 8 nitrogen and oxygen atoms in total. The van der Waals surface area contributed by atoms with Crippen molar-refractivity contribution in [1.82, 2.24) is 4.57 Å². The highest BCUT2D eigenvalue weighted by atomic mass is 32.1. The third-order valence-electron chi connectivity index (χ3n) is 7.11. The minimum atomic E-state index is -4.50. The number of allylic oxidation sites excluding steroid dienone is 1. The molecule has 1 aliphatic rings.